The highest BCUT2D eigenvalue weighted by Gasteiger charge is 2.39. The van der Waals surface area contributed by atoms with E-state index in [1.165, 1.54) is 0 Å². The molecule has 2 fully saturated rings. The molecule has 0 spiro atoms. The monoisotopic (exact) mass is 313 g/mol. The van der Waals surface area contributed by atoms with Crippen LogP contribution in [0.2, 0.25) is 0 Å². The summed E-state index contributed by atoms with van der Waals surface area (Å²) in [7, 11) is 0. The molecule has 1 aromatic carbocycles. The minimum absolute atomic E-state index is 0.0421. The summed E-state index contributed by atoms with van der Waals surface area (Å²) in [6.07, 6.45) is 1.58. The largest absolute Gasteiger partial charge is 0.464 e. The molecule has 1 N–H and O–H groups in total. The van der Waals surface area contributed by atoms with Gasteiger partial charge in [0, 0.05) is 24.0 Å². The lowest BCUT2D eigenvalue weighted by molar-refractivity contribution is -0.148. The molecule has 2 aliphatic rings. The number of benzene rings is 1. The lowest BCUT2D eigenvalue weighted by Crippen LogP contribution is -2.66. The molecule has 3 heterocycles. The SMILES string of the molecule is O=C1NCC(=O)N2CCN(C(=O)c3ccc4occc4c3)C[C@@H]12. The van der Waals surface area contributed by atoms with Crippen LogP contribution in [-0.2, 0) is 9.59 Å². The van der Waals surface area contributed by atoms with E-state index in [0.717, 1.165) is 11.0 Å². The van der Waals surface area contributed by atoms with Crippen molar-refractivity contribution < 1.29 is 18.8 Å². The topological polar surface area (TPSA) is 82.9 Å². The maximum atomic E-state index is 12.7. The van der Waals surface area contributed by atoms with Crippen LogP contribution < -0.4 is 5.32 Å². The Morgan fingerprint density at radius 3 is 2.96 bits per heavy atom. The summed E-state index contributed by atoms with van der Waals surface area (Å²) >= 11 is 0. The number of furan rings is 1. The van der Waals surface area contributed by atoms with Gasteiger partial charge in [-0.05, 0) is 24.3 Å². The molecule has 4 rings (SSSR count). The fourth-order valence-electron chi connectivity index (χ4n) is 3.15. The summed E-state index contributed by atoms with van der Waals surface area (Å²) in [6, 6.07) is 6.46. The number of carbonyl (C=O) groups excluding carboxylic acids is 3. The third-order valence-electron chi connectivity index (χ3n) is 4.40. The van der Waals surface area contributed by atoms with Gasteiger partial charge >= 0.3 is 0 Å². The first-order valence-corrected chi connectivity index (χ1v) is 7.47. The van der Waals surface area contributed by atoms with Crippen LogP contribution >= 0.6 is 0 Å². The van der Waals surface area contributed by atoms with Gasteiger partial charge in [0.15, 0.2) is 0 Å². The second-order valence-corrected chi connectivity index (χ2v) is 5.75. The van der Waals surface area contributed by atoms with Gasteiger partial charge in [-0.3, -0.25) is 14.4 Å². The molecule has 2 aromatic rings. The number of nitrogens with zero attached hydrogens (tertiary/aromatic N) is 2. The van der Waals surface area contributed by atoms with Crippen molar-refractivity contribution in [3.05, 3.63) is 36.1 Å². The maximum absolute atomic E-state index is 12.7. The van der Waals surface area contributed by atoms with E-state index in [0.29, 0.717) is 18.7 Å². The van der Waals surface area contributed by atoms with E-state index < -0.39 is 6.04 Å². The second kappa shape index (κ2) is 5.12. The van der Waals surface area contributed by atoms with Crippen molar-refractivity contribution >= 4 is 28.7 Å². The predicted octanol–water partition coefficient (Wildman–Crippen LogP) is 0.216. The van der Waals surface area contributed by atoms with Crippen LogP contribution in [0.25, 0.3) is 11.0 Å². The number of nitrogens with one attached hydrogen (secondary N) is 1. The molecule has 23 heavy (non-hydrogen) atoms. The molecule has 1 atom stereocenters. The average Bonchev–Trinajstić information content (AvgIpc) is 3.05. The molecule has 3 amide bonds. The van der Waals surface area contributed by atoms with E-state index >= 15 is 0 Å². The third-order valence-corrected chi connectivity index (χ3v) is 4.40. The molecule has 0 unspecified atom stereocenters. The number of fused-ring (bicyclic) bond motifs is 2. The van der Waals surface area contributed by atoms with Crippen LogP contribution in [0, 0.1) is 0 Å². The number of amides is 3. The van der Waals surface area contributed by atoms with Crippen molar-refractivity contribution in [1.29, 1.82) is 0 Å². The second-order valence-electron chi connectivity index (χ2n) is 5.75. The molecule has 0 radical (unpaired) electrons. The summed E-state index contributed by atoms with van der Waals surface area (Å²) in [5.74, 6) is -0.438. The summed E-state index contributed by atoms with van der Waals surface area (Å²) in [5.41, 5.74) is 1.28. The van der Waals surface area contributed by atoms with Gasteiger partial charge in [-0.2, -0.15) is 0 Å². The van der Waals surface area contributed by atoms with Crippen LogP contribution in [0.1, 0.15) is 10.4 Å². The lowest BCUT2D eigenvalue weighted by atomic mass is 10.1. The molecule has 7 nitrogen and oxygen atoms in total. The van der Waals surface area contributed by atoms with Crippen molar-refractivity contribution in [3.8, 4) is 0 Å². The van der Waals surface area contributed by atoms with E-state index in [-0.39, 0.29) is 30.8 Å². The smallest absolute Gasteiger partial charge is 0.254 e. The minimum atomic E-state index is -0.591. The molecule has 2 aliphatic heterocycles. The molecular formula is C16H15N3O4. The highest BCUT2D eigenvalue weighted by Crippen LogP contribution is 2.20. The first-order chi connectivity index (χ1) is 11.1. The number of hydrogen-bond acceptors (Lipinski definition) is 4. The Hall–Kier alpha value is -2.83. The van der Waals surface area contributed by atoms with E-state index in [4.69, 9.17) is 4.42 Å². The summed E-state index contributed by atoms with van der Waals surface area (Å²) in [5, 5.41) is 3.43. The minimum Gasteiger partial charge on any atom is -0.464 e. The Balaban J connectivity index is 1.57. The summed E-state index contributed by atoms with van der Waals surface area (Å²) in [4.78, 5) is 39.7. The Morgan fingerprint density at radius 1 is 1.22 bits per heavy atom. The zero-order valence-electron chi connectivity index (χ0n) is 12.3. The number of piperazine rings is 2. The van der Waals surface area contributed by atoms with Gasteiger partial charge in [-0.1, -0.05) is 0 Å². The molecule has 2 saturated heterocycles. The van der Waals surface area contributed by atoms with Crippen LogP contribution in [0.5, 0.6) is 0 Å². The average molecular weight is 313 g/mol. The van der Waals surface area contributed by atoms with Crippen LogP contribution in [-0.4, -0.2) is 59.7 Å². The zero-order valence-corrected chi connectivity index (χ0v) is 12.3. The molecule has 1 aromatic heterocycles. The standard InChI is InChI=1S/C16H15N3O4/c20-14-8-17-15(21)12-9-18(4-5-19(12)14)16(22)11-1-2-13-10(7-11)3-6-23-13/h1-3,6-7,12H,4-5,8-9H2,(H,17,21)/t12-/m0/s1. The fourth-order valence-corrected chi connectivity index (χ4v) is 3.15. The van der Waals surface area contributed by atoms with E-state index in [1.807, 2.05) is 0 Å². The van der Waals surface area contributed by atoms with Crippen molar-refractivity contribution in [3.63, 3.8) is 0 Å². The maximum Gasteiger partial charge on any atom is 0.254 e. The van der Waals surface area contributed by atoms with E-state index in [1.54, 1.807) is 40.3 Å². The first-order valence-electron chi connectivity index (χ1n) is 7.47. The van der Waals surface area contributed by atoms with Gasteiger partial charge in [0.2, 0.25) is 11.8 Å². The van der Waals surface area contributed by atoms with Crippen molar-refractivity contribution in [2.45, 2.75) is 6.04 Å². The Morgan fingerprint density at radius 2 is 2.09 bits per heavy atom. The quantitative estimate of drug-likeness (QED) is 0.816. The van der Waals surface area contributed by atoms with Gasteiger partial charge in [-0.25, -0.2) is 0 Å². The Bertz CT molecular complexity index is 813. The van der Waals surface area contributed by atoms with Gasteiger partial charge in [0.1, 0.15) is 11.6 Å². The molecule has 0 bridgehead atoms. The molecule has 118 valence electrons. The normalized spacial score (nSPS) is 21.3. The predicted molar refractivity (Wildman–Crippen MR) is 80.6 cm³/mol. The lowest BCUT2D eigenvalue weighted by Gasteiger charge is -2.42. The van der Waals surface area contributed by atoms with Crippen molar-refractivity contribution in [2.75, 3.05) is 26.2 Å². The van der Waals surface area contributed by atoms with Gasteiger partial charge < -0.3 is 19.5 Å². The van der Waals surface area contributed by atoms with E-state index in [2.05, 4.69) is 5.32 Å². The molecule has 7 heteroatoms. The number of hydrogen-bond donors (Lipinski definition) is 1. The van der Waals surface area contributed by atoms with E-state index in [9.17, 15) is 14.4 Å². The third kappa shape index (κ3) is 2.25. The molecule has 0 saturated carbocycles. The first kappa shape index (κ1) is 13.8. The van der Waals surface area contributed by atoms with Gasteiger partial charge in [-0.15, -0.1) is 0 Å². The zero-order chi connectivity index (χ0) is 16.0. The summed E-state index contributed by atoms with van der Waals surface area (Å²) in [6.45, 7) is 1.08. The number of rotatable bonds is 1. The van der Waals surface area contributed by atoms with Crippen LogP contribution in [0.4, 0.5) is 0 Å². The summed E-state index contributed by atoms with van der Waals surface area (Å²) < 4.78 is 5.27. The van der Waals surface area contributed by atoms with Crippen molar-refractivity contribution in [1.82, 2.24) is 15.1 Å². The van der Waals surface area contributed by atoms with Crippen LogP contribution in [0.3, 0.4) is 0 Å². The molecule has 0 aliphatic carbocycles. The highest BCUT2D eigenvalue weighted by atomic mass is 16.3. The molecular weight excluding hydrogens is 298 g/mol. The fraction of sp³-hybridized carbons (Fsp3) is 0.312. The van der Waals surface area contributed by atoms with Gasteiger partial charge in [0.05, 0.1) is 19.4 Å². The Labute approximate surface area is 131 Å². The Kier molecular flexibility index (Phi) is 3.07. The highest BCUT2D eigenvalue weighted by molar-refractivity contribution is 5.99. The van der Waals surface area contributed by atoms with Crippen molar-refractivity contribution in [2.24, 2.45) is 0 Å². The van der Waals surface area contributed by atoms with Crippen LogP contribution in [0.15, 0.2) is 34.9 Å². The number of carbonyl (C=O) groups is 3. The van der Waals surface area contributed by atoms with Gasteiger partial charge in [0.25, 0.3) is 5.91 Å².